The minimum atomic E-state index is -1.14. The van der Waals surface area contributed by atoms with Crippen LogP contribution >= 0.6 is 0 Å². The molecule has 0 radical (unpaired) electrons. The normalized spacial score (nSPS) is 28.1. The van der Waals surface area contributed by atoms with Crippen LogP contribution in [0.5, 0.6) is 23.0 Å². The zero-order valence-electron chi connectivity index (χ0n) is 15.3. The fraction of sp³-hybridized carbons (Fsp3) is 0.400. The molecular formula is C20H24O6. The smallest absolute Gasteiger partial charge is 0.160 e. The van der Waals surface area contributed by atoms with Crippen molar-refractivity contribution in [2.24, 2.45) is 5.92 Å². The standard InChI is InChI=1S/C20H24O6/c1-11-18(12-5-7-14(21)16(9-12)24-3)26-19(20(11,2)23)13-6-8-15(22)17(10-13)25-4/h5-11,18-19,21-23H,1-4H3/t11-,18-,19-,20-/m1/s1. The number of methoxy groups -OCH3 is 2. The molecule has 2 aromatic carbocycles. The van der Waals surface area contributed by atoms with E-state index in [4.69, 9.17) is 14.2 Å². The van der Waals surface area contributed by atoms with Crippen LogP contribution in [0.15, 0.2) is 36.4 Å². The van der Waals surface area contributed by atoms with E-state index in [0.29, 0.717) is 17.1 Å². The SMILES string of the molecule is COc1cc([C@H]2O[C@@H](c3ccc(O)c(OC)c3)[C@@H](C)[C@@]2(C)O)ccc1O. The van der Waals surface area contributed by atoms with Crippen molar-refractivity contribution in [2.45, 2.75) is 31.7 Å². The number of aromatic hydroxyl groups is 2. The van der Waals surface area contributed by atoms with Crippen LogP contribution in [0.4, 0.5) is 0 Å². The highest BCUT2D eigenvalue weighted by molar-refractivity contribution is 5.45. The maximum atomic E-state index is 11.1. The molecule has 26 heavy (non-hydrogen) atoms. The molecule has 3 N–H and O–H groups in total. The van der Waals surface area contributed by atoms with E-state index < -0.39 is 11.7 Å². The third-order valence-corrected chi connectivity index (χ3v) is 5.23. The van der Waals surface area contributed by atoms with Crippen molar-refractivity contribution in [2.75, 3.05) is 14.2 Å². The molecule has 0 aromatic heterocycles. The summed E-state index contributed by atoms with van der Waals surface area (Å²) in [5.41, 5.74) is 0.378. The van der Waals surface area contributed by atoms with E-state index in [0.717, 1.165) is 5.56 Å². The van der Waals surface area contributed by atoms with Gasteiger partial charge in [0.2, 0.25) is 0 Å². The van der Waals surface area contributed by atoms with Gasteiger partial charge < -0.3 is 29.5 Å². The molecule has 4 atom stereocenters. The van der Waals surface area contributed by atoms with Gasteiger partial charge in [0.25, 0.3) is 0 Å². The summed E-state index contributed by atoms with van der Waals surface area (Å²) in [4.78, 5) is 0. The van der Waals surface area contributed by atoms with Crippen LogP contribution in [0.3, 0.4) is 0 Å². The van der Waals surface area contributed by atoms with Crippen LogP contribution in [0.25, 0.3) is 0 Å². The Morgan fingerprint density at radius 3 is 1.96 bits per heavy atom. The first-order valence-corrected chi connectivity index (χ1v) is 8.41. The summed E-state index contributed by atoms with van der Waals surface area (Å²) in [5, 5.41) is 30.7. The molecule has 0 saturated carbocycles. The Labute approximate surface area is 152 Å². The Morgan fingerprint density at radius 2 is 1.42 bits per heavy atom. The highest BCUT2D eigenvalue weighted by atomic mass is 16.5. The molecule has 6 nitrogen and oxygen atoms in total. The average molecular weight is 360 g/mol. The van der Waals surface area contributed by atoms with Crippen molar-refractivity contribution < 1.29 is 29.5 Å². The molecule has 1 aliphatic rings. The minimum absolute atomic E-state index is 0.0294. The van der Waals surface area contributed by atoms with Crippen LogP contribution in [-0.4, -0.2) is 35.1 Å². The van der Waals surface area contributed by atoms with Gasteiger partial charge in [-0.1, -0.05) is 19.1 Å². The van der Waals surface area contributed by atoms with E-state index in [-0.39, 0.29) is 23.5 Å². The zero-order chi connectivity index (χ0) is 19.1. The van der Waals surface area contributed by atoms with E-state index in [9.17, 15) is 15.3 Å². The number of hydrogen-bond acceptors (Lipinski definition) is 6. The molecule has 1 heterocycles. The van der Waals surface area contributed by atoms with Crippen LogP contribution in [0, 0.1) is 5.92 Å². The van der Waals surface area contributed by atoms with Gasteiger partial charge in [-0.2, -0.15) is 0 Å². The van der Waals surface area contributed by atoms with Gasteiger partial charge >= 0.3 is 0 Å². The number of benzene rings is 2. The highest BCUT2D eigenvalue weighted by Crippen LogP contribution is 2.52. The molecule has 2 aromatic rings. The van der Waals surface area contributed by atoms with Crippen LogP contribution < -0.4 is 9.47 Å². The van der Waals surface area contributed by atoms with Gasteiger partial charge in [-0.3, -0.25) is 0 Å². The summed E-state index contributed by atoms with van der Waals surface area (Å²) in [6, 6.07) is 9.93. The monoisotopic (exact) mass is 360 g/mol. The molecule has 1 fully saturated rings. The number of rotatable bonds is 4. The third kappa shape index (κ3) is 2.95. The lowest BCUT2D eigenvalue weighted by Crippen LogP contribution is -2.34. The molecule has 0 amide bonds. The topological polar surface area (TPSA) is 88.4 Å². The van der Waals surface area contributed by atoms with E-state index >= 15 is 0 Å². The first-order valence-electron chi connectivity index (χ1n) is 8.41. The molecule has 0 aliphatic carbocycles. The predicted octanol–water partition coefficient (Wildman–Crippen LogP) is 3.31. The number of aliphatic hydroxyl groups is 1. The van der Waals surface area contributed by atoms with Crippen LogP contribution in [0.1, 0.15) is 37.2 Å². The average Bonchev–Trinajstić information content (AvgIpc) is 2.86. The molecule has 0 spiro atoms. The lowest BCUT2D eigenvalue weighted by molar-refractivity contribution is -0.0445. The Kier molecular flexibility index (Phi) is 4.73. The van der Waals surface area contributed by atoms with E-state index in [2.05, 4.69) is 0 Å². The second-order valence-electron chi connectivity index (χ2n) is 6.81. The Morgan fingerprint density at radius 1 is 0.923 bits per heavy atom. The highest BCUT2D eigenvalue weighted by Gasteiger charge is 2.51. The minimum Gasteiger partial charge on any atom is -0.504 e. The molecule has 0 bridgehead atoms. The van der Waals surface area contributed by atoms with E-state index in [1.165, 1.54) is 20.3 Å². The molecular weight excluding hydrogens is 336 g/mol. The summed E-state index contributed by atoms with van der Waals surface area (Å²) >= 11 is 0. The zero-order valence-corrected chi connectivity index (χ0v) is 15.3. The maximum absolute atomic E-state index is 11.1. The Hall–Kier alpha value is -2.44. The number of hydrogen-bond donors (Lipinski definition) is 3. The summed E-state index contributed by atoms with van der Waals surface area (Å²) in [6.07, 6.45) is -0.985. The van der Waals surface area contributed by atoms with Gasteiger partial charge in [-0.15, -0.1) is 0 Å². The summed E-state index contributed by atoms with van der Waals surface area (Å²) < 4.78 is 16.6. The molecule has 1 saturated heterocycles. The third-order valence-electron chi connectivity index (χ3n) is 5.23. The van der Waals surface area contributed by atoms with Crippen molar-refractivity contribution in [3.63, 3.8) is 0 Å². The largest absolute Gasteiger partial charge is 0.504 e. The summed E-state index contributed by atoms with van der Waals surface area (Å²) in [7, 11) is 2.96. The number of phenolic OH excluding ortho intramolecular Hbond substituents is 2. The van der Waals surface area contributed by atoms with Gasteiger partial charge in [0.1, 0.15) is 6.10 Å². The van der Waals surface area contributed by atoms with Crippen molar-refractivity contribution >= 4 is 0 Å². The quantitative estimate of drug-likeness (QED) is 0.775. The van der Waals surface area contributed by atoms with Crippen molar-refractivity contribution in [1.29, 1.82) is 0 Å². The molecule has 1 aliphatic heterocycles. The lowest BCUT2D eigenvalue weighted by Gasteiger charge is -2.28. The van der Waals surface area contributed by atoms with Gasteiger partial charge in [-0.05, 0) is 42.3 Å². The first kappa shape index (κ1) is 18.4. The summed E-state index contributed by atoms with van der Waals surface area (Å²) in [6.45, 7) is 3.65. The second kappa shape index (κ2) is 6.70. The molecule has 3 rings (SSSR count). The Balaban J connectivity index is 1.98. The fourth-order valence-corrected chi connectivity index (χ4v) is 3.46. The molecule has 6 heteroatoms. The van der Waals surface area contributed by atoms with Gasteiger partial charge in [0.15, 0.2) is 23.0 Å². The van der Waals surface area contributed by atoms with Crippen molar-refractivity contribution in [1.82, 2.24) is 0 Å². The van der Waals surface area contributed by atoms with E-state index in [1.807, 2.05) is 6.92 Å². The van der Waals surface area contributed by atoms with Gasteiger partial charge in [-0.25, -0.2) is 0 Å². The van der Waals surface area contributed by atoms with Crippen LogP contribution in [-0.2, 0) is 4.74 Å². The second-order valence-corrected chi connectivity index (χ2v) is 6.81. The first-order chi connectivity index (χ1) is 12.3. The number of ether oxygens (including phenoxy) is 3. The van der Waals surface area contributed by atoms with Crippen LogP contribution in [0.2, 0.25) is 0 Å². The van der Waals surface area contributed by atoms with E-state index in [1.54, 1.807) is 37.3 Å². The predicted molar refractivity (Wildman–Crippen MR) is 95.7 cm³/mol. The van der Waals surface area contributed by atoms with Gasteiger partial charge in [0.05, 0.1) is 25.9 Å². The maximum Gasteiger partial charge on any atom is 0.160 e. The van der Waals surface area contributed by atoms with Crippen molar-refractivity contribution in [3.05, 3.63) is 47.5 Å². The Bertz CT molecular complexity index is 801. The summed E-state index contributed by atoms with van der Waals surface area (Å²) in [5.74, 6) is 0.536. The fourth-order valence-electron chi connectivity index (χ4n) is 3.46. The molecule has 140 valence electrons. The van der Waals surface area contributed by atoms with Gasteiger partial charge in [0, 0.05) is 5.92 Å². The van der Waals surface area contributed by atoms with Crippen molar-refractivity contribution in [3.8, 4) is 23.0 Å². The number of phenols is 2. The lowest BCUT2D eigenvalue weighted by atomic mass is 9.81. The molecule has 0 unspecified atom stereocenters.